The van der Waals surface area contributed by atoms with Gasteiger partial charge < -0.3 is 4.74 Å². The maximum Gasteiger partial charge on any atom is 0.330 e. The van der Waals surface area contributed by atoms with Crippen LogP contribution in [0.4, 0.5) is 8.78 Å². The molecule has 4 heterocycles. The van der Waals surface area contributed by atoms with Crippen LogP contribution in [0.5, 0.6) is 0 Å². The summed E-state index contributed by atoms with van der Waals surface area (Å²) in [6.45, 7) is 0.988. The van der Waals surface area contributed by atoms with E-state index in [1.54, 1.807) is 33.7 Å². The molecule has 5 aromatic rings. The van der Waals surface area contributed by atoms with E-state index in [0.29, 0.717) is 59.4 Å². The maximum absolute atomic E-state index is 13.8. The molecular weight excluding hydrogens is 468 g/mol. The maximum atomic E-state index is 13.8. The topological polar surface area (TPSA) is 104 Å². The van der Waals surface area contributed by atoms with E-state index >= 15 is 0 Å². The third-order valence-corrected chi connectivity index (χ3v) is 6.40. The first-order valence-electron chi connectivity index (χ1n) is 11.4. The van der Waals surface area contributed by atoms with E-state index in [0.717, 1.165) is 6.07 Å². The first kappa shape index (κ1) is 22.1. The Kier molecular flexibility index (Phi) is 5.30. The fourth-order valence-electron chi connectivity index (χ4n) is 4.71. The fraction of sp³-hybridized carbons (Fsp3) is 0.240. The Hall–Kier alpha value is -4.43. The number of ether oxygens (including phenoxy) is 1. The summed E-state index contributed by atoms with van der Waals surface area (Å²) in [6, 6.07) is 10.3. The Morgan fingerprint density at radius 1 is 1.06 bits per heavy atom. The van der Waals surface area contributed by atoms with Crippen LogP contribution in [-0.4, -0.2) is 41.9 Å². The Morgan fingerprint density at radius 3 is 2.58 bits per heavy atom. The number of halogens is 2. The zero-order chi connectivity index (χ0) is 24.8. The van der Waals surface area contributed by atoms with Gasteiger partial charge in [-0.05, 0) is 48.7 Å². The smallest absolute Gasteiger partial charge is 0.330 e. The van der Waals surface area contributed by atoms with Gasteiger partial charge >= 0.3 is 5.69 Å². The lowest BCUT2D eigenvalue weighted by molar-refractivity contribution is 0.0695. The van der Waals surface area contributed by atoms with Crippen LogP contribution < -0.4 is 5.69 Å². The van der Waals surface area contributed by atoms with Gasteiger partial charge in [-0.3, -0.25) is 13.7 Å². The third-order valence-electron chi connectivity index (χ3n) is 6.40. The van der Waals surface area contributed by atoms with Crippen molar-refractivity contribution in [2.45, 2.75) is 25.4 Å². The fourth-order valence-corrected chi connectivity index (χ4v) is 4.71. The van der Waals surface area contributed by atoms with Crippen molar-refractivity contribution in [1.29, 1.82) is 5.26 Å². The Balaban J connectivity index is 1.54. The largest absolute Gasteiger partial charge is 0.381 e. The number of imidazole rings is 2. The van der Waals surface area contributed by atoms with Gasteiger partial charge in [0.1, 0.15) is 23.5 Å². The quantitative estimate of drug-likeness (QED) is 0.385. The molecule has 0 aliphatic carbocycles. The molecule has 3 aromatic heterocycles. The SMILES string of the molecule is N#Cc1ccc2ncn(-c3ncc4c(n3)n(C3CCOCC3)c(=O)n4Cc3cc(F)cc(F)c3)c2c1. The molecule has 36 heavy (non-hydrogen) atoms. The number of nitrogens with zero attached hydrogens (tertiary/aromatic N) is 7. The summed E-state index contributed by atoms with van der Waals surface area (Å²) in [7, 11) is 0. The molecule has 1 aliphatic heterocycles. The van der Waals surface area contributed by atoms with Gasteiger partial charge in [0, 0.05) is 25.3 Å². The number of hydrogen-bond donors (Lipinski definition) is 0. The van der Waals surface area contributed by atoms with Crippen LogP contribution in [0.25, 0.3) is 28.1 Å². The lowest BCUT2D eigenvalue weighted by Gasteiger charge is -2.22. The molecular formula is C25H19F2N7O2. The van der Waals surface area contributed by atoms with Crippen molar-refractivity contribution in [3.8, 4) is 12.0 Å². The second-order valence-corrected chi connectivity index (χ2v) is 8.67. The molecule has 6 rings (SSSR count). The van der Waals surface area contributed by atoms with Crippen molar-refractivity contribution in [2.24, 2.45) is 0 Å². The molecule has 0 radical (unpaired) electrons. The van der Waals surface area contributed by atoms with Crippen LogP contribution in [0.15, 0.2) is 53.7 Å². The van der Waals surface area contributed by atoms with Crippen LogP contribution in [0.1, 0.15) is 30.0 Å². The average molecular weight is 487 g/mol. The molecule has 0 saturated carbocycles. The number of nitriles is 1. The monoisotopic (exact) mass is 487 g/mol. The van der Waals surface area contributed by atoms with Crippen LogP contribution >= 0.6 is 0 Å². The minimum absolute atomic E-state index is 0.0392. The predicted octanol–water partition coefficient (Wildman–Crippen LogP) is 3.48. The number of aromatic nitrogens is 6. The van der Waals surface area contributed by atoms with Crippen molar-refractivity contribution in [3.63, 3.8) is 0 Å². The molecule has 180 valence electrons. The summed E-state index contributed by atoms with van der Waals surface area (Å²) >= 11 is 0. The highest BCUT2D eigenvalue weighted by Gasteiger charge is 2.25. The van der Waals surface area contributed by atoms with Gasteiger partial charge in [-0.2, -0.15) is 10.2 Å². The zero-order valence-corrected chi connectivity index (χ0v) is 18.9. The number of rotatable bonds is 4. The Morgan fingerprint density at radius 2 is 1.83 bits per heavy atom. The highest BCUT2D eigenvalue weighted by atomic mass is 19.1. The lowest BCUT2D eigenvalue weighted by atomic mass is 10.1. The standard InChI is InChI=1S/C25H19F2N7O2/c26-17-7-16(8-18(27)10-17)13-32-22-12-29-24(33-14-30-20-2-1-15(11-28)9-21(20)33)31-23(22)34(25(32)35)19-3-5-36-6-4-19/h1-2,7-10,12,14,19H,3-6,13H2. The van der Waals surface area contributed by atoms with E-state index in [9.17, 15) is 18.8 Å². The van der Waals surface area contributed by atoms with Crippen LogP contribution in [-0.2, 0) is 11.3 Å². The van der Waals surface area contributed by atoms with Crippen molar-refractivity contribution >= 4 is 22.2 Å². The summed E-state index contributed by atoms with van der Waals surface area (Å²) in [5.74, 6) is -1.14. The van der Waals surface area contributed by atoms with Gasteiger partial charge in [0.25, 0.3) is 0 Å². The summed E-state index contributed by atoms with van der Waals surface area (Å²) in [4.78, 5) is 27.2. The molecule has 11 heteroatoms. The minimum Gasteiger partial charge on any atom is -0.381 e. The molecule has 2 aromatic carbocycles. The Bertz CT molecular complexity index is 1700. The number of fused-ring (bicyclic) bond motifs is 2. The summed E-state index contributed by atoms with van der Waals surface area (Å²) < 4.78 is 37.9. The number of hydrogen-bond acceptors (Lipinski definition) is 6. The molecule has 1 saturated heterocycles. The molecule has 0 unspecified atom stereocenters. The van der Waals surface area contributed by atoms with E-state index in [4.69, 9.17) is 9.72 Å². The van der Waals surface area contributed by atoms with Gasteiger partial charge in [-0.15, -0.1) is 0 Å². The number of benzene rings is 2. The van der Waals surface area contributed by atoms with Crippen LogP contribution in [0.3, 0.4) is 0 Å². The normalized spacial score (nSPS) is 14.5. The molecule has 1 fully saturated rings. The minimum atomic E-state index is -0.714. The molecule has 0 bridgehead atoms. The van der Waals surface area contributed by atoms with Gasteiger partial charge in [0.15, 0.2) is 5.65 Å². The third kappa shape index (κ3) is 3.72. The van der Waals surface area contributed by atoms with Gasteiger partial charge in [-0.1, -0.05) is 0 Å². The van der Waals surface area contributed by atoms with Gasteiger partial charge in [0.05, 0.1) is 35.4 Å². The van der Waals surface area contributed by atoms with Crippen LogP contribution in [0, 0.1) is 23.0 Å². The van der Waals surface area contributed by atoms with Crippen molar-refractivity contribution in [1.82, 2.24) is 28.7 Å². The van der Waals surface area contributed by atoms with E-state index < -0.39 is 11.6 Å². The van der Waals surface area contributed by atoms with E-state index in [-0.39, 0.29) is 24.2 Å². The summed E-state index contributed by atoms with van der Waals surface area (Å²) in [6.07, 6.45) is 4.36. The van der Waals surface area contributed by atoms with E-state index in [1.807, 2.05) is 0 Å². The predicted molar refractivity (Wildman–Crippen MR) is 126 cm³/mol. The average Bonchev–Trinajstić information content (AvgIpc) is 3.42. The van der Waals surface area contributed by atoms with Crippen molar-refractivity contribution < 1.29 is 13.5 Å². The molecule has 9 nitrogen and oxygen atoms in total. The Labute approximate surface area is 202 Å². The van der Waals surface area contributed by atoms with Crippen LogP contribution in [0.2, 0.25) is 0 Å². The van der Waals surface area contributed by atoms with Gasteiger partial charge in [0.2, 0.25) is 5.95 Å². The second-order valence-electron chi connectivity index (χ2n) is 8.67. The summed E-state index contributed by atoms with van der Waals surface area (Å²) in [5, 5.41) is 9.30. The highest BCUT2D eigenvalue weighted by Crippen LogP contribution is 2.25. The zero-order valence-electron chi connectivity index (χ0n) is 18.9. The van der Waals surface area contributed by atoms with E-state index in [1.165, 1.54) is 22.9 Å². The molecule has 0 atom stereocenters. The second kappa shape index (κ2) is 8.66. The first-order valence-corrected chi connectivity index (χ1v) is 11.4. The molecule has 0 N–H and O–H groups in total. The molecule has 1 aliphatic rings. The van der Waals surface area contributed by atoms with Crippen molar-refractivity contribution in [3.05, 3.63) is 82.2 Å². The highest BCUT2D eigenvalue weighted by molar-refractivity contribution is 5.79. The molecule has 0 spiro atoms. The first-order chi connectivity index (χ1) is 17.5. The van der Waals surface area contributed by atoms with E-state index in [2.05, 4.69) is 16.0 Å². The lowest BCUT2D eigenvalue weighted by Crippen LogP contribution is -2.31. The summed E-state index contributed by atoms with van der Waals surface area (Å²) in [5.41, 5.74) is 2.63. The van der Waals surface area contributed by atoms with Crippen molar-refractivity contribution in [2.75, 3.05) is 13.2 Å². The molecule has 0 amide bonds. The van der Waals surface area contributed by atoms with Gasteiger partial charge in [-0.25, -0.2) is 23.5 Å².